The van der Waals surface area contributed by atoms with E-state index >= 15 is 0 Å². The molecule has 2 amide bonds. The van der Waals surface area contributed by atoms with Crippen molar-refractivity contribution in [3.63, 3.8) is 0 Å². The molecule has 2 rings (SSSR count). The highest BCUT2D eigenvalue weighted by Gasteiger charge is 2.14. The third-order valence-corrected chi connectivity index (χ3v) is 4.58. The van der Waals surface area contributed by atoms with Gasteiger partial charge in [-0.1, -0.05) is 12.1 Å². The number of thiophene rings is 1. The lowest BCUT2D eigenvalue weighted by atomic mass is 10.1. The van der Waals surface area contributed by atoms with E-state index < -0.39 is 11.9 Å². The van der Waals surface area contributed by atoms with Crippen LogP contribution >= 0.6 is 11.3 Å². The maximum atomic E-state index is 12.4. The molecule has 0 spiro atoms. The quantitative estimate of drug-likeness (QED) is 0.721. The SMILES string of the molecule is CCN(CC)C(=O)c1cccc(NC(=O)COC(=O)Cc2cccs2)c1. The van der Waals surface area contributed by atoms with Gasteiger partial charge in [0, 0.05) is 29.2 Å². The maximum absolute atomic E-state index is 12.4. The Morgan fingerprint density at radius 1 is 1.12 bits per heavy atom. The van der Waals surface area contributed by atoms with Gasteiger partial charge in [0.05, 0.1) is 6.42 Å². The average molecular weight is 374 g/mol. The van der Waals surface area contributed by atoms with Crippen LogP contribution in [0, 0.1) is 0 Å². The van der Waals surface area contributed by atoms with E-state index in [1.165, 1.54) is 11.3 Å². The molecule has 0 saturated carbocycles. The van der Waals surface area contributed by atoms with Crippen LogP contribution in [-0.4, -0.2) is 42.4 Å². The van der Waals surface area contributed by atoms with Gasteiger partial charge < -0.3 is 15.0 Å². The summed E-state index contributed by atoms with van der Waals surface area (Å²) in [5.74, 6) is -0.987. The highest BCUT2D eigenvalue weighted by molar-refractivity contribution is 7.10. The molecule has 6 nitrogen and oxygen atoms in total. The Morgan fingerprint density at radius 3 is 2.54 bits per heavy atom. The number of carbonyl (C=O) groups excluding carboxylic acids is 3. The minimum atomic E-state index is -0.451. The first-order chi connectivity index (χ1) is 12.5. The van der Waals surface area contributed by atoms with Gasteiger partial charge in [-0.3, -0.25) is 14.4 Å². The predicted octanol–water partition coefficient (Wildman–Crippen LogP) is 2.95. The van der Waals surface area contributed by atoms with Crippen molar-refractivity contribution in [1.82, 2.24) is 4.90 Å². The number of hydrogen-bond donors (Lipinski definition) is 1. The number of hydrogen-bond acceptors (Lipinski definition) is 5. The monoisotopic (exact) mass is 374 g/mol. The van der Waals surface area contributed by atoms with E-state index in [0.717, 1.165) is 4.88 Å². The Morgan fingerprint density at radius 2 is 1.88 bits per heavy atom. The smallest absolute Gasteiger partial charge is 0.311 e. The summed E-state index contributed by atoms with van der Waals surface area (Å²) in [6, 6.07) is 10.4. The van der Waals surface area contributed by atoms with Crippen molar-refractivity contribution in [2.45, 2.75) is 20.3 Å². The second-order valence-corrected chi connectivity index (χ2v) is 6.56. The van der Waals surface area contributed by atoms with Gasteiger partial charge in [0.25, 0.3) is 11.8 Å². The molecule has 0 atom stereocenters. The minimum Gasteiger partial charge on any atom is -0.455 e. The molecular weight excluding hydrogens is 352 g/mol. The first-order valence-corrected chi connectivity index (χ1v) is 9.28. The maximum Gasteiger partial charge on any atom is 0.311 e. The van der Waals surface area contributed by atoms with E-state index in [1.807, 2.05) is 31.4 Å². The molecule has 26 heavy (non-hydrogen) atoms. The average Bonchev–Trinajstić information content (AvgIpc) is 3.14. The Kier molecular flexibility index (Phi) is 7.35. The lowest BCUT2D eigenvalue weighted by Crippen LogP contribution is -2.30. The summed E-state index contributed by atoms with van der Waals surface area (Å²) in [4.78, 5) is 38.6. The van der Waals surface area contributed by atoms with Crippen molar-refractivity contribution in [3.05, 3.63) is 52.2 Å². The van der Waals surface area contributed by atoms with Crippen molar-refractivity contribution in [2.75, 3.05) is 25.0 Å². The van der Waals surface area contributed by atoms with Crippen LogP contribution in [0.5, 0.6) is 0 Å². The van der Waals surface area contributed by atoms with Crippen LogP contribution < -0.4 is 5.32 Å². The molecule has 0 unspecified atom stereocenters. The molecule has 7 heteroatoms. The fourth-order valence-corrected chi connectivity index (χ4v) is 3.06. The van der Waals surface area contributed by atoms with Gasteiger partial charge in [0.2, 0.25) is 0 Å². The van der Waals surface area contributed by atoms with Crippen molar-refractivity contribution < 1.29 is 19.1 Å². The minimum absolute atomic E-state index is 0.0894. The van der Waals surface area contributed by atoms with Crippen molar-refractivity contribution in [1.29, 1.82) is 0 Å². The lowest BCUT2D eigenvalue weighted by Gasteiger charge is -2.19. The van der Waals surface area contributed by atoms with Crippen LogP contribution in [0.2, 0.25) is 0 Å². The molecule has 0 radical (unpaired) electrons. The topological polar surface area (TPSA) is 75.7 Å². The van der Waals surface area contributed by atoms with Gasteiger partial charge in [-0.25, -0.2) is 0 Å². The first kappa shape index (κ1) is 19.7. The second-order valence-electron chi connectivity index (χ2n) is 5.52. The molecule has 2 aromatic rings. The van der Waals surface area contributed by atoms with Crippen molar-refractivity contribution >= 4 is 34.8 Å². The zero-order chi connectivity index (χ0) is 18.9. The van der Waals surface area contributed by atoms with Crippen molar-refractivity contribution in [2.24, 2.45) is 0 Å². The fraction of sp³-hybridized carbons (Fsp3) is 0.316. The van der Waals surface area contributed by atoms with E-state index in [2.05, 4.69) is 5.32 Å². The normalized spacial score (nSPS) is 10.2. The van der Waals surface area contributed by atoms with Crippen LogP contribution in [0.15, 0.2) is 41.8 Å². The molecule has 1 aromatic heterocycles. The van der Waals surface area contributed by atoms with E-state index in [4.69, 9.17) is 4.74 Å². The molecule has 0 bridgehead atoms. The second kappa shape index (κ2) is 9.72. The molecule has 0 saturated heterocycles. The number of nitrogens with zero attached hydrogens (tertiary/aromatic N) is 1. The van der Waals surface area contributed by atoms with Crippen molar-refractivity contribution in [3.8, 4) is 0 Å². The third kappa shape index (κ3) is 5.70. The predicted molar refractivity (Wildman–Crippen MR) is 101 cm³/mol. The highest BCUT2D eigenvalue weighted by Crippen LogP contribution is 2.13. The van der Waals surface area contributed by atoms with Crippen LogP contribution in [0.1, 0.15) is 29.1 Å². The molecule has 1 heterocycles. The van der Waals surface area contributed by atoms with Crippen LogP contribution in [-0.2, 0) is 20.7 Å². The van der Waals surface area contributed by atoms with Crippen LogP contribution in [0.4, 0.5) is 5.69 Å². The molecule has 1 N–H and O–H groups in total. The lowest BCUT2D eigenvalue weighted by molar-refractivity contribution is -0.146. The number of rotatable bonds is 8. The molecule has 0 fully saturated rings. The number of benzene rings is 1. The summed E-state index contributed by atoms with van der Waals surface area (Å²) in [6.07, 6.45) is 0.152. The van der Waals surface area contributed by atoms with Gasteiger partial charge in [-0.15, -0.1) is 11.3 Å². The van der Waals surface area contributed by atoms with Gasteiger partial charge in [-0.05, 0) is 43.5 Å². The summed E-state index contributed by atoms with van der Waals surface area (Å²) in [5.41, 5.74) is 0.989. The first-order valence-electron chi connectivity index (χ1n) is 8.40. The number of ether oxygens (including phenoxy) is 1. The van der Waals surface area contributed by atoms with E-state index in [1.54, 1.807) is 29.2 Å². The number of esters is 1. The molecular formula is C19H22N2O4S. The summed E-state index contributed by atoms with van der Waals surface area (Å²) in [7, 11) is 0. The summed E-state index contributed by atoms with van der Waals surface area (Å²) in [5, 5.41) is 4.52. The molecule has 1 aromatic carbocycles. The molecule has 138 valence electrons. The summed E-state index contributed by atoms with van der Waals surface area (Å²) < 4.78 is 4.98. The zero-order valence-corrected chi connectivity index (χ0v) is 15.7. The van der Waals surface area contributed by atoms with Gasteiger partial charge >= 0.3 is 5.97 Å². The number of anilines is 1. The van der Waals surface area contributed by atoms with E-state index in [-0.39, 0.29) is 18.9 Å². The fourth-order valence-electron chi connectivity index (χ4n) is 2.37. The summed E-state index contributed by atoms with van der Waals surface area (Å²) >= 11 is 1.46. The number of amides is 2. The number of nitrogens with one attached hydrogen (secondary N) is 1. The van der Waals surface area contributed by atoms with Gasteiger partial charge in [0.15, 0.2) is 6.61 Å². The molecule has 0 aliphatic heterocycles. The third-order valence-electron chi connectivity index (χ3n) is 3.71. The summed E-state index contributed by atoms with van der Waals surface area (Å²) in [6.45, 7) is 4.70. The zero-order valence-electron chi connectivity index (χ0n) is 14.9. The van der Waals surface area contributed by atoms with Gasteiger partial charge in [-0.2, -0.15) is 0 Å². The Hall–Kier alpha value is -2.67. The standard InChI is InChI=1S/C19H22N2O4S/c1-3-21(4-2)19(24)14-7-5-8-15(11-14)20-17(22)13-25-18(23)12-16-9-6-10-26-16/h5-11H,3-4,12-13H2,1-2H3,(H,20,22). The van der Waals surface area contributed by atoms with E-state index in [0.29, 0.717) is 24.3 Å². The van der Waals surface area contributed by atoms with Crippen LogP contribution in [0.25, 0.3) is 0 Å². The van der Waals surface area contributed by atoms with E-state index in [9.17, 15) is 14.4 Å². The van der Waals surface area contributed by atoms with Crippen LogP contribution in [0.3, 0.4) is 0 Å². The Balaban J connectivity index is 1.87. The Bertz CT molecular complexity index is 755. The number of carbonyl (C=O) groups is 3. The van der Waals surface area contributed by atoms with Gasteiger partial charge in [0.1, 0.15) is 0 Å². The molecule has 0 aliphatic carbocycles. The Labute approximate surface area is 156 Å². The largest absolute Gasteiger partial charge is 0.455 e. The highest BCUT2D eigenvalue weighted by atomic mass is 32.1. The molecule has 0 aliphatic rings.